The van der Waals surface area contributed by atoms with Crippen LogP contribution in [0, 0.1) is 0 Å². The molecule has 1 aromatic carbocycles. The molecular formula is C18H31N3. The first-order valence-corrected chi connectivity index (χ1v) is 8.45. The van der Waals surface area contributed by atoms with Crippen molar-refractivity contribution in [3.8, 4) is 0 Å². The SMILES string of the molecule is CCCN(CC)C1(CN)CCN(Cc2ccccc2)CC1. The summed E-state index contributed by atoms with van der Waals surface area (Å²) in [4.78, 5) is 5.19. The minimum atomic E-state index is 0.234. The van der Waals surface area contributed by atoms with Crippen molar-refractivity contribution in [1.29, 1.82) is 0 Å². The van der Waals surface area contributed by atoms with Gasteiger partial charge >= 0.3 is 0 Å². The molecule has 0 saturated carbocycles. The van der Waals surface area contributed by atoms with Crippen molar-refractivity contribution in [2.45, 2.75) is 45.2 Å². The molecule has 1 fully saturated rings. The van der Waals surface area contributed by atoms with Gasteiger partial charge in [-0.1, -0.05) is 44.2 Å². The molecule has 0 amide bonds. The molecule has 0 radical (unpaired) electrons. The fourth-order valence-electron chi connectivity index (χ4n) is 3.62. The van der Waals surface area contributed by atoms with Crippen molar-refractivity contribution in [2.24, 2.45) is 5.73 Å². The molecule has 1 aromatic rings. The molecular weight excluding hydrogens is 258 g/mol. The van der Waals surface area contributed by atoms with E-state index in [9.17, 15) is 0 Å². The van der Waals surface area contributed by atoms with Gasteiger partial charge in [-0.15, -0.1) is 0 Å². The average Bonchev–Trinajstić information content (AvgIpc) is 2.55. The lowest BCUT2D eigenvalue weighted by atomic mass is 9.85. The fraction of sp³-hybridized carbons (Fsp3) is 0.667. The summed E-state index contributed by atoms with van der Waals surface area (Å²) in [5, 5.41) is 0. The number of piperidine rings is 1. The van der Waals surface area contributed by atoms with Crippen LogP contribution in [0.1, 0.15) is 38.7 Å². The van der Waals surface area contributed by atoms with Crippen molar-refractivity contribution >= 4 is 0 Å². The highest BCUT2D eigenvalue weighted by molar-refractivity contribution is 5.14. The van der Waals surface area contributed by atoms with Crippen molar-refractivity contribution in [2.75, 3.05) is 32.7 Å². The lowest BCUT2D eigenvalue weighted by molar-refractivity contribution is 0.0277. The predicted octanol–water partition coefficient (Wildman–Crippen LogP) is 2.71. The number of hydrogen-bond acceptors (Lipinski definition) is 3. The Morgan fingerprint density at radius 1 is 1.14 bits per heavy atom. The first-order chi connectivity index (χ1) is 10.2. The Labute approximate surface area is 130 Å². The first kappa shape index (κ1) is 16.5. The zero-order valence-electron chi connectivity index (χ0n) is 13.7. The second kappa shape index (κ2) is 7.92. The molecule has 2 rings (SSSR count). The van der Waals surface area contributed by atoms with Crippen molar-refractivity contribution < 1.29 is 0 Å². The molecule has 0 aliphatic carbocycles. The molecule has 1 aliphatic heterocycles. The average molecular weight is 289 g/mol. The lowest BCUT2D eigenvalue weighted by Crippen LogP contribution is -2.59. The second-order valence-electron chi connectivity index (χ2n) is 6.27. The maximum atomic E-state index is 6.18. The van der Waals surface area contributed by atoms with E-state index in [1.807, 2.05) is 0 Å². The van der Waals surface area contributed by atoms with Gasteiger partial charge in [0.25, 0.3) is 0 Å². The highest BCUT2D eigenvalue weighted by Crippen LogP contribution is 2.29. The minimum Gasteiger partial charge on any atom is -0.329 e. The van der Waals surface area contributed by atoms with Crippen molar-refractivity contribution in [1.82, 2.24) is 9.80 Å². The topological polar surface area (TPSA) is 32.5 Å². The fourth-order valence-corrected chi connectivity index (χ4v) is 3.62. The van der Waals surface area contributed by atoms with Crippen LogP contribution < -0.4 is 5.73 Å². The highest BCUT2D eigenvalue weighted by Gasteiger charge is 2.37. The number of rotatable bonds is 7. The normalized spacial score (nSPS) is 19.0. The Hall–Kier alpha value is -0.900. The van der Waals surface area contributed by atoms with E-state index in [1.165, 1.54) is 31.4 Å². The molecule has 2 N–H and O–H groups in total. The molecule has 3 heteroatoms. The third kappa shape index (κ3) is 4.06. The molecule has 118 valence electrons. The van der Waals surface area contributed by atoms with E-state index in [0.717, 1.165) is 32.7 Å². The summed E-state index contributed by atoms with van der Waals surface area (Å²) in [5.74, 6) is 0. The van der Waals surface area contributed by atoms with Crippen LogP contribution in [0.4, 0.5) is 0 Å². The van der Waals surface area contributed by atoms with Crippen LogP contribution in [0.15, 0.2) is 30.3 Å². The van der Waals surface area contributed by atoms with Crippen LogP contribution >= 0.6 is 0 Å². The second-order valence-corrected chi connectivity index (χ2v) is 6.27. The Bertz CT molecular complexity index is 396. The van der Waals surface area contributed by atoms with Crippen LogP contribution in [0.25, 0.3) is 0 Å². The van der Waals surface area contributed by atoms with Gasteiger partial charge in [0.05, 0.1) is 0 Å². The number of hydrogen-bond donors (Lipinski definition) is 1. The van der Waals surface area contributed by atoms with E-state index < -0.39 is 0 Å². The summed E-state index contributed by atoms with van der Waals surface area (Å²) < 4.78 is 0. The summed E-state index contributed by atoms with van der Waals surface area (Å²) in [7, 11) is 0. The standard InChI is InChI=1S/C18H31N3/c1-3-12-21(4-2)18(16-19)10-13-20(14-11-18)15-17-8-6-5-7-9-17/h5-9H,3-4,10-16,19H2,1-2H3. The Morgan fingerprint density at radius 2 is 1.81 bits per heavy atom. The Kier molecular flexibility index (Phi) is 6.22. The minimum absolute atomic E-state index is 0.234. The molecule has 1 aliphatic rings. The van der Waals surface area contributed by atoms with Crippen LogP contribution in [-0.4, -0.2) is 48.1 Å². The maximum Gasteiger partial charge on any atom is 0.0355 e. The molecule has 0 unspecified atom stereocenters. The van der Waals surface area contributed by atoms with E-state index in [0.29, 0.717) is 0 Å². The van der Waals surface area contributed by atoms with E-state index in [4.69, 9.17) is 5.73 Å². The molecule has 0 atom stereocenters. The Balaban J connectivity index is 1.93. The van der Waals surface area contributed by atoms with Crippen LogP contribution in [0.2, 0.25) is 0 Å². The van der Waals surface area contributed by atoms with E-state index in [-0.39, 0.29) is 5.54 Å². The Morgan fingerprint density at radius 3 is 2.33 bits per heavy atom. The summed E-state index contributed by atoms with van der Waals surface area (Å²) in [6, 6.07) is 10.8. The zero-order valence-corrected chi connectivity index (χ0v) is 13.7. The van der Waals surface area contributed by atoms with E-state index >= 15 is 0 Å². The molecule has 0 bridgehead atoms. The van der Waals surface area contributed by atoms with Crippen molar-refractivity contribution in [3.05, 3.63) is 35.9 Å². The van der Waals surface area contributed by atoms with Crippen LogP contribution in [0.3, 0.4) is 0 Å². The first-order valence-electron chi connectivity index (χ1n) is 8.45. The number of nitrogens with zero attached hydrogens (tertiary/aromatic N) is 2. The lowest BCUT2D eigenvalue weighted by Gasteiger charge is -2.48. The smallest absolute Gasteiger partial charge is 0.0355 e. The number of benzene rings is 1. The van der Waals surface area contributed by atoms with Gasteiger partial charge in [0.2, 0.25) is 0 Å². The molecule has 3 nitrogen and oxygen atoms in total. The molecule has 21 heavy (non-hydrogen) atoms. The summed E-state index contributed by atoms with van der Waals surface area (Å²) >= 11 is 0. The highest BCUT2D eigenvalue weighted by atomic mass is 15.2. The van der Waals surface area contributed by atoms with Gasteiger partial charge in [-0.3, -0.25) is 9.80 Å². The van der Waals surface area contributed by atoms with Gasteiger partial charge in [-0.05, 0) is 37.9 Å². The van der Waals surface area contributed by atoms with E-state index in [1.54, 1.807) is 0 Å². The quantitative estimate of drug-likeness (QED) is 0.837. The van der Waals surface area contributed by atoms with E-state index in [2.05, 4.69) is 54.0 Å². The summed E-state index contributed by atoms with van der Waals surface area (Å²) in [6.07, 6.45) is 3.61. The third-order valence-corrected chi connectivity index (χ3v) is 4.96. The van der Waals surface area contributed by atoms with Gasteiger partial charge in [0.15, 0.2) is 0 Å². The number of likely N-dealkylation sites (N-methyl/N-ethyl adjacent to an activating group) is 1. The zero-order chi connectivity index (χ0) is 15.1. The molecule has 1 heterocycles. The molecule has 0 spiro atoms. The number of likely N-dealkylation sites (tertiary alicyclic amines) is 1. The van der Waals surface area contributed by atoms with Crippen LogP contribution in [-0.2, 0) is 6.54 Å². The largest absolute Gasteiger partial charge is 0.329 e. The summed E-state index contributed by atoms with van der Waals surface area (Å²) in [5.41, 5.74) is 7.83. The van der Waals surface area contributed by atoms with Crippen LogP contribution in [0.5, 0.6) is 0 Å². The molecule has 0 aromatic heterocycles. The van der Waals surface area contributed by atoms with Gasteiger partial charge in [0, 0.05) is 31.7 Å². The number of nitrogens with two attached hydrogens (primary N) is 1. The van der Waals surface area contributed by atoms with Gasteiger partial charge in [-0.25, -0.2) is 0 Å². The monoisotopic (exact) mass is 289 g/mol. The predicted molar refractivity (Wildman–Crippen MR) is 90.3 cm³/mol. The van der Waals surface area contributed by atoms with Gasteiger partial charge in [-0.2, -0.15) is 0 Å². The summed E-state index contributed by atoms with van der Waals surface area (Å²) in [6.45, 7) is 11.0. The van der Waals surface area contributed by atoms with Gasteiger partial charge < -0.3 is 5.73 Å². The third-order valence-electron chi connectivity index (χ3n) is 4.96. The van der Waals surface area contributed by atoms with Gasteiger partial charge in [0.1, 0.15) is 0 Å². The van der Waals surface area contributed by atoms with Crippen molar-refractivity contribution in [3.63, 3.8) is 0 Å². The molecule has 1 saturated heterocycles. The maximum absolute atomic E-state index is 6.18.